The molecule has 0 spiro atoms. The zero-order valence-corrected chi connectivity index (χ0v) is 19.1. The molecule has 6 nitrogen and oxygen atoms in total. The fourth-order valence-electron chi connectivity index (χ4n) is 3.86. The predicted molar refractivity (Wildman–Crippen MR) is 124 cm³/mol. The Bertz CT molecular complexity index is 1180. The topological polar surface area (TPSA) is 88.8 Å². The van der Waals surface area contributed by atoms with E-state index in [2.05, 4.69) is 4.57 Å². The molecule has 3 aromatic rings. The highest BCUT2D eigenvalue weighted by Gasteiger charge is 2.26. The second-order valence-corrected chi connectivity index (χ2v) is 10.4. The fourth-order valence-corrected chi connectivity index (χ4v) is 5.34. The summed E-state index contributed by atoms with van der Waals surface area (Å²) in [5.41, 5.74) is 3.40. The van der Waals surface area contributed by atoms with Crippen LogP contribution >= 0.6 is 7.37 Å². The number of halogens is 1. The van der Waals surface area contributed by atoms with Crippen molar-refractivity contribution in [1.29, 1.82) is 0 Å². The SMILES string of the molecule is COP(=O)(C=Cc1c(-c2ccc(F)cc2)c2ccccc2n1C(C)C)CC(O)CC(=O)O. The van der Waals surface area contributed by atoms with Gasteiger partial charge in [0.15, 0.2) is 0 Å². The van der Waals surface area contributed by atoms with Crippen molar-refractivity contribution in [3.05, 3.63) is 65.9 Å². The molecule has 170 valence electrons. The average molecular weight is 459 g/mol. The maximum atomic E-state index is 13.6. The Kier molecular flexibility index (Phi) is 7.34. The largest absolute Gasteiger partial charge is 0.481 e. The number of rotatable bonds is 9. The second-order valence-electron chi connectivity index (χ2n) is 7.91. The molecule has 0 saturated carbocycles. The maximum absolute atomic E-state index is 13.6. The van der Waals surface area contributed by atoms with Gasteiger partial charge < -0.3 is 19.3 Å². The molecule has 0 amide bonds. The number of aliphatic carboxylic acids is 1. The highest BCUT2D eigenvalue weighted by molar-refractivity contribution is 7.62. The quantitative estimate of drug-likeness (QED) is 0.397. The van der Waals surface area contributed by atoms with Crippen molar-refractivity contribution in [3.63, 3.8) is 0 Å². The minimum absolute atomic E-state index is 0.0632. The van der Waals surface area contributed by atoms with Crippen molar-refractivity contribution in [2.75, 3.05) is 13.3 Å². The molecule has 3 rings (SSSR count). The van der Waals surface area contributed by atoms with E-state index in [1.54, 1.807) is 18.2 Å². The Balaban J connectivity index is 2.17. The van der Waals surface area contributed by atoms with Gasteiger partial charge in [0.25, 0.3) is 0 Å². The monoisotopic (exact) mass is 459 g/mol. The molecule has 0 aliphatic rings. The van der Waals surface area contributed by atoms with Crippen LogP contribution in [-0.4, -0.2) is 40.1 Å². The molecule has 0 fully saturated rings. The third-order valence-corrected chi connectivity index (χ3v) is 7.39. The van der Waals surface area contributed by atoms with Crippen LogP contribution in [0, 0.1) is 5.82 Å². The summed E-state index contributed by atoms with van der Waals surface area (Å²) < 4.78 is 34.1. The lowest BCUT2D eigenvalue weighted by molar-refractivity contribution is -0.138. The molecule has 0 saturated heterocycles. The maximum Gasteiger partial charge on any atom is 0.305 e. The Morgan fingerprint density at radius 2 is 1.84 bits per heavy atom. The molecular weight excluding hydrogens is 432 g/mol. The van der Waals surface area contributed by atoms with Gasteiger partial charge in [-0.25, -0.2) is 4.39 Å². The van der Waals surface area contributed by atoms with E-state index >= 15 is 0 Å². The Hall–Kier alpha value is -2.73. The summed E-state index contributed by atoms with van der Waals surface area (Å²) >= 11 is 0. The number of hydrogen-bond acceptors (Lipinski definition) is 4. The van der Waals surface area contributed by atoms with E-state index in [1.165, 1.54) is 25.1 Å². The number of carboxylic acid groups (broad SMARTS) is 1. The molecule has 0 radical (unpaired) electrons. The molecule has 0 aliphatic heterocycles. The molecule has 8 heteroatoms. The van der Waals surface area contributed by atoms with Crippen LogP contribution < -0.4 is 0 Å². The van der Waals surface area contributed by atoms with Crippen molar-refractivity contribution in [3.8, 4) is 11.1 Å². The van der Waals surface area contributed by atoms with Gasteiger partial charge in [-0.15, -0.1) is 0 Å². The van der Waals surface area contributed by atoms with Crippen LogP contribution in [0.4, 0.5) is 4.39 Å². The van der Waals surface area contributed by atoms with Gasteiger partial charge in [-0.3, -0.25) is 9.36 Å². The molecule has 2 atom stereocenters. The third-order valence-electron chi connectivity index (χ3n) is 5.24. The molecule has 32 heavy (non-hydrogen) atoms. The third kappa shape index (κ3) is 5.18. The van der Waals surface area contributed by atoms with Gasteiger partial charge >= 0.3 is 5.97 Å². The molecule has 2 N–H and O–H groups in total. The minimum atomic E-state index is -3.46. The number of para-hydroxylation sites is 1. The van der Waals surface area contributed by atoms with Crippen molar-refractivity contribution in [1.82, 2.24) is 4.57 Å². The summed E-state index contributed by atoms with van der Waals surface area (Å²) in [5.74, 6) is -0.101. The smallest absolute Gasteiger partial charge is 0.305 e. The molecular formula is C24H27FNO5P. The van der Waals surface area contributed by atoms with E-state index in [4.69, 9.17) is 9.63 Å². The number of carboxylic acids is 1. The van der Waals surface area contributed by atoms with E-state index in [-0.39, 0.29) is 18.0 Å². The molecule has 2 aromatic carbocycles. The van der Waals surface area contributed by atoms with Crippen LogP contribution in [0.25, 0.3) is 28.1 Å². The summed E-state index contributed by atoms with van der Waals surface area (Å²) in [5, 5.41) is 19.8. The fraction of sp³-hybridized carbons (Fsp3) is 0.292. The number of aromatic nitrogens is 1. The van der Waals surface area contributed by atoms with Gasteiger partial charge in [0.1, 0.15) is 5.82 Å². The number of aliphatic hydroxyl groups excluding tert-OH is 1. The van der Waals surface area contributed by atoms with Crippen LogP contribution in [-0.2, 0) is 13.9 Å². The Morgan fingerprint density at radius 3 is 2.44 bits per heavy atom. The number of hydrogen-bond donors (Lipinski definition) is 2. The van der Waals surface area contributed by atoms with Gasteiger partial charge in [-0.05, 0) is 43.7 Å². The van der Waals surface area contributed by atoms with Crippen molar-refractivity contribution in [2.24, 2.45) is 0 Å². The number of fused-ring (bicyclic) bond motifs is 1. The summed E-state index contributed by atoms with van der Waals surface area (Å²) in [6.45, 7) is 4.06. The van der Waals surface area contributed by atoms with Gasteiger partial charge in [0, 0.05) is 35.4 Å². The predicted octanol–water partition coefficient (Wildman–Crippen LogP) is 5.76. The minimum Gasteiger partial charge on any atom is -0.481 e. The van der Waals surface area contributed by atoms with Gasteiger partial charge in [-0.2, -0.15) is 0 Å². The summed E-state index contributed by atoms with van der Waals surface area (Å²) in [6.07, 6.45) is -0.430. The van der Waals surface area contributed by atoms with E-state index in [9.17, 15) is 18.9 Å². The number of benzene rings is 2. The van der Waals surface area contributed by atoms with Crippen LogP contribution in [0.1, 0.15) is 32.0 Å². The normalized spacial score (nSPS) is 14.8. The first-order chi connectivity index (χ1) is 15.1. The van der Waals surface area contributed by atoms with E-state index in [0.717, 1.165) is 27.7 Å². The first-order valence-corrected chi connectivity index (χ1v) is 12.2. The lowest BCUT2D eigenvalue weighted by atomic mass is 10.0. The lowest BCUT2D eigenvalue weighted by Crippen LogP contribution is -2.17. The van der Waals surface area contributed by atoms with Crippen LogP contribution in [0.3, 0.4) is 0 Å². The van der Waals surface area contributed by atoms with Crippen LogP contribution in [0.2, 0.25) is 0 Å². The van der Waals surface area contributed by atoms with Gasteiger partial charge in [0.2, 0.25) is 7.37 Å². The zero-order valence-electron chi connectivity index (χ0n) is 18.2. The number of nitrogens with zero attached hydrogens (tertiary/aromatic N) is 1. The number of aliphatic hydroxyl groups is 1. The van der Waals surface area contributed by atoms with Crippen molar-refractivity contribution in [2.45, 2.75) is 32.4 Å². The van der Waals surface area contributed by atoms with E-state index < -0.39 is 25.9 Å². The Morgan fingerprint density at radius 1 is 1.19 bits per heavy atom. The average Bonchev–Trinajstić information content (AvgIpc) is 3.06. The van der Waals surface area contributed by atoms with Crippen LogP contribution in [0.5, 0.6) is 0 Å². The highest BCUT2D eigenvalue weighted by atomic mass is 31.2. The molecule has 2 unspecified atom stereocenters. The second kappa shape index (κ2) is 9.82. The lowest BCUT2D eigenvalue weighted by Gasteiger charge is -2.17. The van der Waals surface area contributed by atoms with Crippen molar-refractivity contribution >= 4 is 30.3 Å². The van der Waals surface area contributed by atoms with Crippen LogP contribution in [0.15, 0.2) is 54.3 Å². The number of carbonyl (C=O) groups is 1. The summed E-state index contributed by atoms with van der Waals surface area (Å²) in [4.78, 5) is 10.9. The zero-order chi connectivity index (χ0) is 23.5. The highest BCUT2D eigenvalue weighted by Crippen LogP contribution is 2.50. The molecule has 1 aromatic heterocycles. The summed E-state index contributed by atoms with van der Waals surface area (Å²) in [7, 11) is -2.18. The molecule has 0 aliphatic carbocycles. The standard InChI is InChI=1S/C24H27FNO5P/c1-16(2)26-21-7-5-4-6-20(21)24(17-8-10-18(25)11-9-17)22(26)12-13-32(30,31-3)15-19(27)14-23(28)29/h4-13,16,19,27H,14-15H2,1-3H3,(H,28,29). The van der Waals surface area contributed by atoms with Gasteiger partial charge in [0.05, 0.1) is 24.4 Å². The van der Waals surface area contributed by atoms with E-state index in [1.807, 2.05) is 38.1 Å². The van der Waals surface area contributed by atoms with Crippen molar-refractivity contribution < 1.29 is 28.5 Å². The molecule has 1 heterocycles. The first kappa shape index (κ1) is 23.9. The molecule has 0 bridgehead atoms. The first-order valence-electron chi connectivity index (χ1n) is 10.3. The van der Waals surface area contributed by atoms with Gasteiger partial charge in [-0.1, -0.05) is 30.3 Å². The summed E-state index contributed by atoms with van der Waals surface area (Å²) in [6, 6.07) is 14.1. The Labute approximate surface area is 186 Å². The van der Waals surface area contributed by atoms with E-state index in [0.29, 0.717) is 0 Å².